The first kappa shape index (κ1) is 10.3. The van der Waals surface area contributed by atoms with Crippen molar-refractivity contribution >= 4 is 0 Å². The monoisotopic (exact) mass is 165 g/mol. The summed E-state index contributed by atoms with van der Waals surface area (Å²) in [5.74, 6) is 0. The van der Waals surface area contributed by atoms with E-state index >= 15 is 0 Å². The molecule has 0 spiro atoms. The summed E-state index contributed by atoms with van der Waals surface area (Å²) in [4.78, 5) is 0. The summed E-state index contributed by atoms with van der Waals surface area (Å²) in [5, 5.41) is 8.40. The van der Waals surface area contributed by atoms with Gasteiger partial charge in [-0.3, -0.25) is 0 Å². The molecule has 0 aromatic carbocycles. The van der Waals surface area contributed by atoms with Crippen LogP contribution in [0.3, 0.4) is 0 Å². The molecule has 0 rings (SSSR count). The molecule has 4 heteroatoms. The predicted octanol–water partition coefficient (Wildman–Crippen LogP) is 2.88. The molecule has 1 unspecified atom stereocenters. The van der Waals surface area contributed by atoms with E-state index in [2.05, 4.69) is 0 Å². The minimum Gasteiger partial charge on any atom is -0.198 e. The fourth-order valence-electron chi connectivity index (χ4n) is 0.686. The molecular formula is C7H10F3N. The Morgan fingerprint density at radius 3 is 1.91 bits per heavy atom. The van der Waals surface area contributed by atoms with Gasteiger partial charge in [-0.2, -0.15) is 18.4 Å². The van der Waals surface area contributed by atoms with Crippen LogP contribution in [0.15, 0.2) is 0 Å². The fourth-order valence-corrected chi connectivity index (χ4v) is 0.686. The van der Waals surface area contributed by atoms with Crippen molar-refractivity contribution in [3.8, 4) is 6.07 Å². The highest BCUT2D eigenvalue weighted by Crippen LogP contribution is 2.34. The summed E-state index contributed by atoms with van der Waals surface area (Å²) in [6, 6.07) is 1.66. The first-order valence-electron chi connectivity index (χ1n) is 3.31. The van der Waals surface area contributed by atoms with Gasteiger partial charge in [-0.1, -0.05) is 6.92 Å². The van der Waals surface area contributed by atoms with Gasteiger partial charge in [0, 0.05) is 0 Å². The van der Waals surface area contributed by atoms with Gasteiger partial charge in [-0.15, -0.1) is 0 Å². The molecule has 0 heterocycles. The van der Waals surface area contributed by atoms with E-state index in [1.54, 1.807) is 13.0 Å². The molecule has 0 saturated heterocycles. The normalized spacial score (nSPS) is 17.1. The van der Waals surface area contributed by atoms with Crippen molar-refractivity contribution in [3.05, 3.63) is 0 Å². The minimum absolute atomic E-state index is 0.225. The highest BCUT2D eigenvalue weighted by atomic mass is 19.4. The number of alkyl halides is 3. The molecule has 0 aliphatic heterocycles. The van der Waals surface area contributed by atoms with E-state index in [-0.39, 0.29) is 6.42 Å². The van der Waals surface area contributed by atoms with Gasteiger partial charge in [-0.25, -0.2) is 0 Å². The molecule has 0 aromatic rings. The Bertz CT molecular complexity index is 168. The van der Waals surface area contributed by atoms with Gasteiger partial charge in [0.05, 0.1) is 17.9 Å². The summed E-state index contributed by atoms with van der Waals surface area (Å²) in [6.45, 7) is 2.90. The number of nitrogens with zero attached hydrogens (tertiary/aromatic N) is 1. The Morgan fingerprint density at radius 1 is 1.36 bits per heavy atom. The molecule has 1 atom stereocenters. The Kier molecular flexibility index (Phi) is 2.92. The molecule has 0 aromatic heterocycles. The van der Waals surface area contributed by atoms with E-state index in [0.29, 0.717) is 0 Å². The Labute approximate surface area is 63.8 Å². The maximum atomic E-state index is 11.8. The van der Waals surface area contributed by atoms with Crippen LogP contribution in [-0.4, -0.2) is 6.18 Å². The summed E-state index contributed by atoms with van der Waals surface area (Å²) in [7, 11) is 0. The summed E-state index contributed by atoms with van der Waals surface area (Å²) >= 11 is 0. The highest BCUT2D eigenvalue weighted by Gasteiger charge is 2.38. The van der Waals surface area contributed by atoms with Crippen LogP contribution in [0.2, 0.25) is 0 Å². The average molecular weight is 165 g/mol. The first-order chi connectivity index (χ1) is 4.83. The van der Waals surface area contributed by atoms with Crippen molar-refractivity contribution in [2.45, 2.75) is 32.9 Å². The maximum Gasteiger partial charge on any atom is 0.390 e. The van der Waals surface area contributed by atoms with Crippen LogP contribution < -0.4 is 0 Å². The third kappa shape index (κ3) is 3.87. The molecule has 11 heavy (non-hydrogen) atoms. The third-order valence-corrected chi connectivity index (χ3v) is 1.64. The largest absolute Gasteiger partial charge is 0.390 e. The molecule has 0 amide bonds. The molecule has 0 bridgehead atoms. The second-order valence-corrected chi connectivity index (χ2v) is 2.82. The van der Waals surface area contributed by atoms with Crippen molar-refractivity contribution in [2.75, 3.05) is 0 Å². The van der Waals surface area contributed by atoms with Crippen molar-refractivity contribution < 1.29 is 13.2 Å². The molecule has 0 aliphatic carbocycles. The number of nitriles is 1. The van der Waals surface area contributed by atoms with Crippen molar-refractivity contribution in [1.29, 1.82) is 5.26 Å². The van der Waals surface area contributed by atoms with E-state index < -0.39 is 18.0 Å². The maximum absolute atomic E-state index is 11.8. The zero-order chi connectivity index (χ0) is 9.12. The van der Waals surface area contributed by atoms with Crippen LogP contribution in [0.25, 0.3) is 0 Å². The lowest BCUT2D eigenvalue weighted by atomic mass is 9.86. The Balaban J connectivity index is 4.23. The quantitative estimate of drug-likeness (QED) is 0.617. The smallest absolute Gasteiger partial charge is 0.198 e. The van der Waals surface area contributed by atoms with Crippen LogP contribution in [0.1, 0.15) is 26.7 Å². The van der Waals surface area contributed by atoms with Gasteiger partial charge in [0.15, 0.2) is 0 Å². The first-order valence-corrected chi connectivity index (χ1v) is 3.31. The fraction of sp³-hybridized carbons (Fsp3) is 0.857. The van der Waals surface area contributed by atoms with Crippen LogP contribution in [-0.2, 0) is 0 Å². The molecule has 0 aliphatic rings. The summed E-state index contributed by atoms with van der Waals surface area (Å²) < 4.78 is 35.3. The second-order valence-electron chi connectivity index (χ2n) is 2.82. The third-order valence-electron chi connectivity index (χ3n) is 1.64. The van der Waals surface area contributed by atoms with Crippen LogP contribution in [0, 0.1) is 16.7 Å². The van der Waals surface area contributed by atoms with Crippen molar-refractivity contribution in [3.63, 3.8) is 0 Å². The highest BCUT2D eigenvalue weighted by molar-refractivity contribution is 4.95. The van der Waals surface area contributed by atoms with Crippen LogP contribution in [0.5, 0.6) is 0 Å². The van der Waals surface area contributed by atoms with Gasteiger partial charge in [0.1, 0.15) is 0 Å². The molecule has 0 N–H and O–H groups in total. The van der Waals surface area contributed by atoms with E-state index in [1.165, 1.54) is 6.92 Å². The zero-order valence-corrected chi connectivity index (χ0v) is 6.50. The average Bonchev–Trinajstić information content (AvgIpc) is 1.84. The van der Waals surface area contributed by atoms with Gasteiger partial charge in [-0.05, 0) is 13.3 Å². The van der Waals surface area contributed by atoms with Crippen LogP contribution in [0.4, 0.5) is 13.2 Å². The summed E-state index contributed by atoms with van der Waals surface area (Å²) in [6.07, 6.45) is -5.03. The van der Waals surface area contributed by atoms with E-state index in [9.17, 15) is 13.2 Å². The Hall–Kier alpha value is -0.720. The molecule has 64 valence electrons. The van der Waals surface area contributed by atoms with E-state index in [0.717, 1.165) is 0 Å². The topological polar surface area (TPSA) is 23.8 Å². The second kappa shape index (κ2) is 3.12. The van der Waals surface area contributed by atoms with Crippen LogP contribution >= 0.6 is 0 Å². The van der Waals surface area contributed by atoms with E-state index in [4.69, 9.17) is 5.26 Å². The van der Waals surface area contributed by atoms with Crippen molar-refractivity contribution in [1.82, 2.24) is 0 Å². The summed E-state index contributed by atoms with van der Waals surface area (Å²) in [5.41, 5.74) is -1.25. The number of rotatable bonds is 2. The number of hydrogen-bond donors (Lipinski definition) is 0. The molecule has 0 fully saturated rings. The lowest BCUT2D eigenvalue weighted by molar-refractivity contribution is -0.150. The van der Waals surface area contributed by atoms with Gasteiger partial charge < -0.3 is 0 Å². The van der Waals surface area contributed by atoms with Gasteiger partial charge >= 0.3 is 6.18 Å². The van der Waals surface area contributed by atoms with E-state index in [1.807, 2.05) is 0 Å². The zero-order valence-electron chi connectivity index (χ0n) is 6.50. The molecule has 0 saturated carbocycles. The Morgan fingerprint density at radius 2 is 1.82 bits per heavy atom. The lowest BCUT2D eigenvalue weighted by Crippen LogP contribution is -2.22. The lowest BCUT2D eigenvalue weighted by Gasteiger charge is -2.20. The molecule has 1 nitrogen and oxygen atoms in total. The van der Waals surface area contributed by atoms with Gasteiger partial charge in [0.2, 0.25) is 0 Å². The van der Waals surface area contributed by atoms with Gasteiger partial charge in [0.25, 0.3) is 0 Å². The predicted molar refractivity (Wildman–Crippen MR) is 34.7 cm³/mol. The SMILES string of the molecule is CCC(C)(C#N)CC(F)(F)F. The molecular weight excluding hydrogens is 155 g/mol. The molecule has 0 radical (unpaired) electrons. The minimum atomic E-state index is -4.24. The standard InChI is InChI=1S/C7H10F3N/c1-3-6(2,5-11)4-7(8,9)10/h3-4H2,1-2H3. The number of halogens is 3. The van der Waals surface area contributed by atoms with Crippen molar-refractivity contribution in [2.24, 2.45) is 5.41 Å². The number of hydrogen-bond acceptors (Lipinski definition) is 1.